The van der Waals surface area contributed by atoms with E-state index < -0.39 is 5.60 Å². The molecule has 0 fully saturated rings. The van der Waals surface area contributed by atoms with Crippen LogP contribution in [0, 0.1) is 0 Å². The van der Waals surface area contributed by atoms with Crippen molar-refractivity contribution in [3.8, 4) is 0 Å². The Morgan fingerprint density at radius 3 is 2.09 bits per heavy atom. The molecule has 0 aliphatic rings. The van der Waals surface area contributed by atoms with E-state index in [-0.39, 0.29) is 6.09 Å². The van der Waals surface area contributed by atoms with Gasteiger partial charge in [-0.3, -0.25) is 4.99 Å². The van der Waals surface area contributed by atoms with Crippen molar-refractivity contribution in [2.24, 2.45) is 4.99 Å². The van der Waals surface area contributed by atoms with E-state index in [1.807, 2.05) is 20.8 Å². The number of alkyl carbamates (subject to hydrolysis) is 1. The van der Waals surface area contributed by atoms with Gasteiger partial charge in [0.15, 0.2) is 5.96 Å². The van der Waals surface area contributed by atoms with Crippen LogP contribution in [0.3, 0.4) is 0 Å². The Bertz CT molecular complexity index is 337. The molecular formula is C15H33N5O2. The summed E-state index contributed by atoms with van der Waals surface area (Å²) in [5.41, 5.74) is -0.457. The summed E-state index contributed by atoms with van der Waals surface area (Å²) in [5.74, 6) is 0.788. The van der Waals surface area contributed by atoms with Crippen LogP contribution in [0.2, 0.25) is 0 Å². The lowest BCUT2D eigenvalue weighted by Crippen LogP contribution is -2.40. The SMILES string of the molecule is CN=C(NCCCNC(=O)OC(C)(C)C)NCCCN(C)C. The molecule has 0 radical (unpaired) electrons. The number of hydrogen-bond donors (Lipinski definition) is 3. The first-order valence-electron chi connectivity index (χ1n) is 7.80. The molecule has 0 saturated carbocycles. The molecule has 3 N–H and O–H groups in total. The lowest BCUT2D eigenvalue weighted by molar-refractivity contribution is 0.0527. The summed E-state index contributed by atoms with van der Waals surface area (Å²) in [6.45, 7) is 8.78. The van der Waals surface area contributed by atoms with Gasteiger partial charge in [0.25, 0.3) is 0 Å². The van der Waals surface area contributed by atoms with Gasteiger partial charge < -0.3 is 25.6 Å². The smallest absolute Gasteiger partial charge is 0.407 e. The minimum absolute atomic E-state index is 0.376. The zero-order chi connectivity index (χ0) is 17.0. The predicted molar refractivity (Wildman–Crippen MR) is 91.4 cm³/mol. The number of carbonyl (C=O) groups is 1. The fourth-order valence-corrected chi connectivity index (χ4v) is 1.62. The molecule has 0 atom stereocenters. The van der Waals surface area contributed by atoms with E-state index in [1.54, 1.807) is 7.05 Å². The standard InChI is InChI=1S/C15H33N5O2/c1-15(2,3)22-14(21)19-10-7-9-17-13(16-4)18-11-8-12-20(5)6/h7-12H2,1-6H3,(H,19,21)(H2,16,17,18). The number of rotatable bonds is 8. The first kappa shape index (κ1) is 20.5. The molecule has 7 heteroatoms. The maximum absolute atomic E-state index is 11.4. The van der Waals surface area contributed by atoms with Gasteiger partial charge in [-0.2, -0.15) is 0 Å². The van der Waals surface area contributed by atoms with Gasteiger partial charge in [-0.05, 0) is 54.3 Å². The third-order valence-corrected chi connectivity index (χ3v) is 2.61. The second-order valence-electron chi connectivity index (χ2n) is 6.36. The molecule has 0 heterocycles. The van der Waals surface area contributed by atoms with Crippen molar-refractivity contribution < 1.29 is 9.53 Å². The maximum Gasteiger partial charge on any atom is 0.407 e. The molecule has 0 aromatic carbocycles. The van der Waals surface area contributed by atoms with Crippen LogP contribution in [0.15, 0.2) is 4.99 Å². The van der Waals surface area contributed by atoms with Crippen molar-refractivity contribution in [3.63, 3.8) is 0 Å². The summed E-state index contributed by atoms with van der Waals surface area (Å²) in [6, 6.07) is 0. The van der Waals surface area contributed by atoms with Gasteiger partial charge >= 0.3 is 6.09 Å². The predicted octanol–water partition coefficient (Wildman–Crippen LogP) is 1.02. The highest BCUT2D eigenvalue weighted by molar-refractivity contribution is 5.79. The molecule has 1 amide bonds. The summed E-state index contributed by atoms with van der Waals surface area (Å²) in [5, 5.41) is 9.20. The van der Waals surface area contributed by atoms with Crippen molar-refractivity contribution >= 4 is 12.1 Å². The van der Waals surface area contributed by atoms with E-state index in [0.29, 0.717) is 6.54 Å². The van der Waals surface area contributed by atoms with Crippen LogP contribution >= 0.6 is 0 Å². The molecule has 0 aromatic rings. The van der Waals surface area contributed by atoms with E-state index >= 15 is 0 Å². The molecule has 0 aromatic heterocycles. The second kappa shape index (κ2) is 11.1. The Morgan fingerprint density at radius 1 is 1.05 bits per heavy atom. The highest BCUT2D eigenvalue weighted by Crippen LogP contribution is 2.06. The lowest BCUT2D eigenvalue weighted by Gasteiger charge is -2.19. The third-order valence-electron chi connectivity index (χ3n) is 2.61. The normalized spacial score (nSPS) is 12.2. The minimum atomic E-state index is -0.457. The summed E-state index contributed by atoms with van der Waals surface area (Å²) in [6.07, 6.45) is 1.49. The van der Waals surface area contributed by atoms with Crippen molar-refractivity contribution in [2.75, 3.05) is 47.3 Å². The Kier molecular flexibility index (Phi) is 10.4. The highest BCUT2D eigenvalue weighted by atomic mass is 16.6. The second-order valence-corrected chi connectivity index (χ2v) is 6.36. The van der Waals surface area contributed by atoms with Gasteiger partial charge in [-0.15, -0.1) is 0 Å². The number of amides is 1. The summed E-state index contributed by atoms with van der Waals surface area (Å²) < 4.78 is 5.16. The molecule has 0 spiro atoms. The number of carbonyl (C=O) groups excluding carboxylic acids is 1. The van der Waals surface area contributed by atoms with Crippen molar-refractivity contribution in [1.29, 1.82) is 0 Å². The molecule has 0 unspecified atom stereocenters. The van der Waals surface area contributed by atoms with Crippen LogP contribution in [0.25, 0.3) is 0 Å². The molecule has 7 nitrogen and oxygen atoms in total. The Hall–Kier alpha value is -1.50. The zero-order valence-electron chi connectivity index (χ0n) is 15.0. The number of nitrogens with zero attached hydrogens (tertiary/aromatic N) is 2. The Balaban J connectivity index is 3.65. The number of hydrogen-bond acceptors (Lipinski definition) is 4. The molecule has 130 valence electrons. The van der Waals surface area contributed by atoms with Crippen molar-refractivity contribution in [3.05, 3.63) is 0 Å². The van der Waals surface area contributed by atoms with E-state index in [4.69, 9.17) is 4.74 Å². The summed E-state index contributed by atoms with van der Waals surface area (Å²) >= 11 is 0. The van der Waals surface area contributed by atoms with Gasteiger partial charge in [0.05, 0.1) is 0 Å². The minimum Gasteiger partial charge on any atom is -0.444 e. The van der Waals surface area contributed by atoms with Crippen LogP contribution in [0.1, 0.15) is 33.6 Å². The topological polar surface area (TPSA) is 78.0 Å². The Labute approximate surface area is 134 Å². The van der Waals surface area contributed by atoms with Gasteiger partial charge in [-0.1, -0.05) is 0 Å². The summed E-state index contributed by atoms with van der Waals surface area (Å²) in [7, 11) is 5.87. The largest absolute Gasteiger partial charge is 0.444 e. The van der Waals surface area contributed by atoms with E-state index in [9.17, 15) is 4.79 Å². The van der Waals surface area contributed by atoms with Crippen LogP contribution in [0.4, 0.5) is 4.79 Å². The van der Waals surface area contributed by atoms with E-state index in [1.165, 1.54) is 0 Å². The Morgan fingerprint density at radius 2 is 1.59 bits per heavy atom. The monoisotopic (exact) mass is 315 g/mol. The fourth-order valence-electron chi connectivity index (χ4n) is 1.62. The van der Waals surface area contributed by atoms with Crippen LogP contribution in [0.5, 0.6) is 0 Å². The number of guanidine groups is 1. The number of nitrogens with one attached hydrogen (secondary N) is 3. The molecule has 0 bridgehead atoms. The van der Waals surface area contributed by atoms with Gasteiger partial charge in [0.1, 0.15) is 5.60 Å². The van der Waals surface area contributed by atoms with Crippen molar-refractivity contribution in [1.82, 2.24) is 20.9 Å². The molecule has 0 aliphatic heterocycles. The lowest BCUT2D eigenvalue weighted by atomic mass is 10.2. The van der Waals surface area contributed by atoms with Gasteiger partial charge in [0, 0.05) is 26.7 Å². The zero-order valence-corrected chi connectivity index (χ0v) is 15.0. The van der Waals surface area contributed by atoms with E-state index in [0.717, 1.165) is 38.4 Å². The molecular weight excluding hydrogens is 282 g/mol. The number of aliphatic imine (C=N–C) groups is 1. The summed E-state index contributed by atoms with van der Waals surface area (Å²) in [4.78, 5) is 17.8. The first-order valence-corrected chi connectivity index (χ1v) is 7.80. The fraction of sp³-hybridized carbons (Fsp3) is 0.867. The van der Waals surface area contributed by atoms with Crippen LogP contribution in [-0.4, -0.2) is 69.9 Å². The maximum atomic E-state index is 11.4. The number of ether oxygens (including phenoxy) is 1. The van der Waals surface area contributed by atoms with Crippen LogP contribution in [-0.2, 0) is 4.74 Å². The van der Waals surface area contributed by atoms with Gasteiger partial charge in [0.2, 0.25) is 0 Å². The van der Waals surface area contributed by atoms with E-state index in [2.05, 4.69) is 39.9 Å². The molecule has 0 aliphatic carbocycles. The first-order chi connectivity index (χ1) is 10.2. The van der Waals surface area contributed by atoms with Crippen molar-refractivity contribution in [2.45, 2.75) is 39.2 Å². The molecule has 22 heavy (non-hydrogen) atoms. The highest BCUT2D eigenvalue weighted by Gasteiger charge is 2.15. The molecule has 0 saturated heterocycles. The quantitative estimate of drug-likeness (QED) is 0.354. The van der Waals surface area contributed by atoms with Gasteiger partial charge in [-0.25, -0.2) is 4.79 Å². The molecule has 0 rings (SSSR count). The third kappa shape index (κ3) is 13.5. The average molecular weight is 315 g/mol. The van der Waals surface area contributed by atoms with Crippen LogP contribution < -0.4 is 16.0 Å². The average Bonchev–Trinajstić information content (AvgIpc) is 2.38.